The van der Waals surface area contributed by atoms with Crippen LogP contribution in [0.4, 0.5) is 11.4 Å². The van der Waals surface area contributed by atoms with Crippen LogP contribution in [0.5, 0.6) is 0 Å². The smallest absolute Gasteiger partial charge is 0.269 e. The van der Waals surface area contributed by atoms with Crippen molar-refractivity contribution in [3.8, 4) is 0 Å². The van der Waals surface area contributed by atoms with E-state index in [1.165, 1.54) is 0 Å². The number of nitrogens with zero attached hydrogens (tertiary/aromatic N) is 4. The molecule has 3 heterocycles. The number of nitro groups is 1. The highest BCUT2D eigenvalue weighted by Crippen LogP contribution is 2.38. The van der Waals surface area contributed by atoms with Gasteiger partial charge in [-0.3, -0.25) is 24.6 Å². The topological polar surface area (TPSA) is 99.0 Å². The molecule has 1 aromatic rings. The zero-order valence-corrected chi connectivity index (χ0v) is 19.7. The average Bonchev–Trinajstić information content (AvgIpc) is 3.33. The molecule has 3 aliphatic rings. The van der Waals surface area contributed by atoms with E-state index in [4.69, 9.17) is 0 Å². The molecule has 1 aromatic carbocycles. The Balaban J connectivity index is 1.53. The lowest BCUT2D eigenvalue weighted by atomic mass is 9.83. The van der Waals surface area contributed by atoms with E-state index >= 15 is 0 Å². The monoisotopic (exact) mass is 457 g/mol. The summed E-state index contributed by atoms with van der Waals surface area (Å²) in [4.78, 5) is 43.2. The standard InChI is InChI=1S/C24H35N5O4/c1-17(2)7-8-25-24(31)20-14-18-13-19(29(32)33)5-6-21(18)28-12-11-26(15-22(20)28)16-23(30)27-9-3-4-10-27/h5-6,13,17,20,22H,3-4,7-12,14-16H2,1-2H3,(H,25,31)/t20-,22-/m1/s1. The largest absolute Gasteiger partial charge is 0.365 e. The van der Waals surface area contributed by atoms with Crippen LogP contribution < -0.4 is 10.2 Å². The van der Waals surface area contributed by atoms with Gasteiger partial charge in [0.25, 0.3) is 5.69 Å². The number of carbonyl (C=O) groups is 2. The molecule has 0 bridgehead atoms. The second kappa shape index (κ2) is 10.1. The minimum Gasteiger partial charge on any atom is -0.365 e. The normalized spacial score (nSPS) is 22.8. The molecule has 0 unspecified atom stereocenters. The van der Waals surface area contributed by atoms with E-state index in [1.807, 2.05) is 11.0 Å². The minimum atomic E-state index is -0.383. The molecule has 0 aliphatic carbocycles. The van der Waals surface area contributed by atoms with Crippen molar-refractivity contribution in [1.82, 2.24) is 15.1 Å². The van der Waals surface area contributed by atoms with E-state index in [-0.39, 0.29) is 34.4 Å². The summed E-state index contributed by atoms with van der Waals surface area (Å²) < 4.78 is 0. The van der Waals surface area contributed by atoms with Gasteiger partial charge in [0.05, 0.1) is 23.4 Å². The molecule has 0 aromatic heterocycles. The van der Waals surface area contributed by atoms with E-state index in [2.05, 4.69) is 29.0 Å². The third-order valence-electron chi connectivity index (χ3n) is 7.17. The van der Waals surface area contributed by atoms with Gasteiger partial charge in [0.2, 0.25) is 11.8 Å². The lowest BCUT2D eigenvalue weighted by molar-refractivity contribution is -0.384. The summed E-state index contributed by atoms with van der Waals surface area (Å²) in [7, 11) is 0. The maximum atomic E-state index is 13.2. The van der Waals surface area contributed by atoms with Crippen LogP contribution in [0.2, 0.25) is 0 Å². The number of benzene rings is 1. The predicted octanol–water partition coefficient (Wildman–Crippen LogP) is 2.04. The molecule has 180 valence electrons. The number of nitrogens with one attached hydrogen (secondary N) is 1. The van der Waals surface area contributed by atoms with Gasteiger partial charge < -0.3 is 15.1 Å². The van der Waals surface area contributed by atoms with Crippen molar-refractivity contribution in [1.29, 1.82) is 0 Å². The van der Waals surface area contributed by atoms with Crippen LogP contribution in [0, 0.1) is 22.0 Å². The summed E-state index contributed by atoms with van der Waals surface area (Å²) in [5, 5.41) is 14.4. The van der Waals surface area contributed by atoms with Crippen LogP contribution in [-0.4, -0.2) is 78.4 Å². The second-order valence-electron chi connectivity index (χ2n) is 9.94. The third kappa shape index (κ3) is 5.29. The third-order valence-corrected chi connectivity index (χ3v) is 7.17. The highest BCUT2D eigenvalue weighted by molar-refractivity contribution is 5.82. The fourth-order valence-corrected chi connectivity index (χ4v) is 5.30. The van der Waals surface area contributed by atoms with Crippen LogP contribution in [0.15, 0.2) is 18.2 Å². The summed E-state index contributed by atoms with van der Waals surface area (Å²) in [5.41, 5.74) is 1.88. The Morgan fingerprint density at radius 1 is 1.18 bits per heavy atom. The molecule has 3 aliphatic heterocycles. The molecule has 2 saturated heterocycles. The number of amides is 2. The molecule has 33 heavy (non-hydrogen) atoms. The lowest BCUT2D eigenvalue weighted by Gasteiger charge is -2.49. The maximum Gasteiger partial charge on any atom is 0.269 e. The Morgan fingerprint density at radius 3 is 2.64 bits per heavy atom. The first-order valence-electron chi connectivity index (χ1n) is 12.1. The molecule has 4 rings (SSSR count). The number of fused-ring (bicyclic) bond motifs is 3. The quantitative estimate of drug-likeness (QED) is 0.497. The van der Waals surface area contributed by atoms with E-state index in [1.54, 1.807) is 12.1 Å². The number of hydrogen-bond acceptors (Lipinski definition) is 6. The number of piperazine rings is 1. The fraction of sp³-hybridized carbons (Fsp3) is 0.667. The first kappa shape index (κ1) is 23.5. The van der Waals surface area contributed by atoms with E-state index in [9.17, 15) is 19.7 Å². The van der Waals surface area contributed by atoms with Gasteiger partial charge in [-0.1, -0.05) is 13.8 Å². The summed E-state index contributed by atoms with van der Waals surface area (Å²) in [6.07, 6.45) is 3.53. The van der Waals surface area contributed by atoms with Crippen LogP contribution in [-0.2, 0) is 16.0 Å². The summed E-state index contributed by atoms with van der Waals surface area (Å²) in [6.45, 7) is 9.01. The van der Waals surface area contributed by atoms with E-state index in [0.29, 0.717) is 38.5 Å². The molecule has 0 spiro atoms. The number of rotatable bonds is 7. The number of carbonyl (C=O) groups excluding carboxylic acids is 2. The van der Waals surface area contributed by atoms with E-state index < -0.39 is 0 Å². The van der Waals surface area contributed by atoms with Crippen LogP contribution in [0.3, 0.4) is 0 Å². The van der Waals surface area contributed by atoms with Gasteiger partial charge in [-0.15, -0.1) is 0 Å². The van der Waals surface area contributed by atoms with Gasteiger partial charge in [-0.25, -0.2) is 0 Å². The van der Waals surface area contributed by atoms with Crippen molar-refractivity contribution < 1.29 is 14.5 Å². The summed E-state index contributed by atoms with van der Waals surface area (Å²) in [5.74, 6) is 0.357. The van der Waals surface area contributed by atoms with Crippen LogP contribution >= 0.6 is 0 Å². The molecule has 0 saturated carbocycles. The molecule has 1 N–H and O–H groups in total. The Hall–Kier alpha value is -2.68. The Labute approximate surface area is 195 Å². The molecular formula is C24H35N5O4. The average molecular weight is 458 g/mol. The second-order valence-corrected chi connectivity index (χ2v) is 9.94. The number of non-ortho nitro benzene ring substituents is 1. The SMILES string of the molecule is CC(C)CCNC(=O)[C@@H]1Cc2cc([N+](=O)[O-])ccc2N2CCN(CC(=O)N3CCCC3)C[C@H]12. The highest BCUT2D eigenvalue weighted by Gasteiger charge is 2.42. The van der Waals surface area contributed by atoms with Gasteiger partial charge in [0.1, 0.15) is 0 Å². The number of hydrogen-bond donors (Lipinski definition) is 1. The van der Waals surface area contributed by atoms with Gasteiger partial charge in [-0.2, -0.15) is 0 Å². The number of likely N-dealkylation sites (tertiary alicyclic amines) is 1. The molecular weight excluding hydrogens is 422 g/mol. The van der Waals surface area contributed by atoms with Crippen LogP contribution in [0.25, 0.3) is 0 Å². The van der Waals surface area contributed by atoms with Crippen molar-refractivity contribution >= 4 is 23.2 Å². The highest BCUT2D eigenvalue weighted by atomic mass is 16.6. The number of anilines is 1. The van der Waals surface area contributed by atoms with Gasteiger partial charge >= 0.3 is 0 Å². The molecule has 9 nitrogen and oxygen atoms in total. The lowest BCUT2D eigenvalue weighted by Crippen LogP contribution is -2.62. The summed E-state index contributed by atoms with van der Waals surface area (Å²) >= 11 is 0. The minimum absolute atomic E-state index is 0.00414. The Morgan fingerprint density at radius 2 is 1.94 bits per heavy atom. The zero-order valence-electron chi connectivity index (χ0n) is 19.7. The molecule has 0 radical (unpaired) electrons. The molecule has 9 heteroatoms. The van der Waals surface area contributed by atoms with Crippen LogP contribution in [0.1, 0.15) is 38.7 Å². The summed E-state index contributed by atoms with van der Waals surface area (Å²) in [6, 6.07) is 4.92. The van der Waals surface area contributed by atoms with Gasteiger partial charge in [-0.05, 0) is 43.2 Å². The molecule has 2 amide bonds. The van der Waals surface area contributed by atoms with Crippen molar-refractivity contribution in [3.05, 3.63) is 33.9 Å². The Kier molecular flexibility index (Phi) is 7.17. The molecule has 2 atom stereocenters. The van der Waals surface area contributed by atoms with Crippen molar-refractivity contribution in [3.63, 3.8) is 0 Å². The molecule has 2 fully saturated rings. The zero-order chi connectivity index (χ0) is 23.5. The van der Waals surface area contributed by atoms with Gasteiger partial charge in [0.15, 0.2) is 0 Å². The van der Waals surface area contributed by atoms with Gasteiger partial charge in [0, 0.05) is 57.1 Å². The Bertz CT molecular complexity index is 899. The van der Waals surface area contributed by atoms with Crippen molar-refractivity contribution in [2.75, 3.05) is 50.7 Å². The van der Waals surface area contributed by atoms with E-state index in [0.717, 1.165) is 50.1 Å². The first-order chi connectivity index (χ1) is 15.8. The number of nitro benzene ring substituents is 1. The van der Waals surface area contributed by atoms with Crippen molar-refractivity contribution in [2.24, 2.45) is 11.8 Å². The predicted molar refractivity (Wildman–Crippen MR) is 126 cm³/mol. The van der Waals surface area contributed by atoms with Crippen molar-refractivity contribution in [2.45, 2.75) is 45.6 Å². The fourth-order valence-electron chi connectivity index (χ4n) is 5.30. The first-order valence-corrected chi connectivity index (χ1v) is 12.1. The maximum absolute atomic E-state index is 13.2.